The van der Waals surface area contributed by atoms with E-state index >= 15 is 0 Å². The molecule has 214 valence electrons. The first-order valence-corrected chi connectivity index (χ1v) is 14.4. The summed E-state index contributed by atoms with van der Waals surface area (Å²) in [5.41, 5.74) is 5.76. The molecule has 0 spiro atoms. The third-order valence-corrected chi connectivity index (χ3v) is 7.52. The van der Waals surface area contributed by atoms with Crippen molar-refractivity contribution in [2.45, 2.75) is 52.4 Å². The molecule has 2 N–H and O–H groups in total. The second-order valence-corrected chi connectivity index (χ2v) is 10.8. The van der Waals surface area contributed by atoms with Gasteiger partial charge in [-0.15, -0.1) is 0 Å². The van der Waals surface area contributed by atoms with Crippen LogP contribution in [0.2, 0.25) is 0 Å². The number of fused-ring (bicyclic) bond motifs is 1. The van der Waals surface area contributed by atoms with Gasteiger partial charge in [0.1, 0.15) is 17.2 Å². The second kappa shape index (κ2) is 12.4. The molecule has 5 rings (SSSR count). The van der Waals surface area contributed by atoms with Crippen LogP contribution in [0.1, 0.15) is 67.6 Å². The molecule has 1 fully saturated rings. The lowest BCUT2D eigenvalue weighted by Crippen LogP contribution is -2.30. The topological polar surface area (TPSA) is 101 Å². The third-order valence-electron chi connectivity index (χ3n) is 7.52. The summed E-state index contributed by atoms with van der Waals surface area (Å²) in [6.07, 6.45) is 4.82. The van der Waals surface area contributed by atoms with E-state index in [0.29, 0.717) is 43.3 Å². The van der Waals surface area contributed by atoms with Gasteiger partial charge in [0.2, 0.25) is 11.9 Å². The van der Waals surface area contributed by atoms with Gasteiger partial charge >= 0.3 is 0 Å². The van der Waals surface area contributed by atoms with Gasteiger partial charge in [-0.3, -0.25) is 14.6 Å². The van der Waals surface area contributed by atoms with Crippen molar-refractivity contribution in [1.29, 1.82) is 0 Å². The van der Waals surface area contributed by atoms with Crippen molar-refractivity contribution in [3.05, 3.63) is 71.5 Å². The molecule has 2 aromatic heterocycles. The standard InChI is InChI=1S/C32H38N6O3/c1-5-22-9-10-23(18-26(22)21(2)3)35-32-36-27-19-24(11-12-29(27)37(32)4)41-25-13-15-33-28(20-25)31(40)34-14-7-17-38-16-6-8-30(38)39/h9-13,15,18-21H,5-8,14,16-17H2,1-4H3,(H,34,40)(H,35,36). The molecule has 3 heterocycles. The van der Waals surface area contributed by atoms with Crippen LogP contribution >= 0.6 is 0 Å². The zero-order chi connectivity index (χ0) is 28.9. The van der Waals surface area contributed by atoms with E-state index in [2.05, 4.69) is 54.6 Å². The lowest BCUT2D eigenvalue weighted by Gasteiger charge is -2.15. The quantitative estimate of drug-likeness (QED) is 0.223. The van der Waals surface area contributed by atoms with Gasteiger partial charge in [-0.25, -0.2) is 4.98 Å². The van der Waals surface area contributed by atoms with Crippen LogP contribution in [0.3, 0.4) is 0 Å². The number of likely N-dealkylation sites (tertiary alicyclic amines) is 1. The molecule has 0 aliphatic carbocycles. The average Bonchev–Trinajstić information content (AvgIpc) is 3.52. The Kier molecular flexibility index (Phi) is 8.52. The minimum absolute atomic E-state index is 0.196. The summed E-state index contributed by atoms with van der Waals surface area (Å²) in [5.74, 6) is 2.24. The first-order valence-electron chi connectivity index (χ1n) is 14.4. The zero-order valence-corrected chi connectivity index (χ0v) is 24.2. The number of hydrogen-bond donors (Lipinski definition) is 2. The lowest BCUT2D eigenvalue weighted by molar-refractivity contribution is -0.127. The Balaban J connectivity index is 1.23. The highest BCUT2D eigenvalue weighted by Gasteiger charge is 2.19. The van der Waals surface area contributed by atoms with E-state index in [-0.39, 0.29) is 17.5 Å². The molecule has 9 nitrogen and oxygen atoms in total. The maximum atomic E-state index is 12.6. The molecule has 2 amide bonds. The normalized spacial score (nSPS) is 13.3. The number of benzene rings is 2. The van der Waals surface area contributed by atoms with E-state index in [1.54, 1.807) is 18.3 Å². The van der Waals surface area contributed by atoms with Gasteiger partial charge in [-0.05, 0) is 66.6 Å². The number of imidazole rings is 1. The molecule has 0 bridgehead atoms. The number of pyridine rings is 1. The minimum Gasteiger partial charge on any atom is -0.457 e. The minimum atomic E-state index is -0.272. The van der Waals surface area contributed by atoms with Crippen LogP contribution < -0.4 is 15.4 Å². The van der Waals surface area contributed by atoms with Crippen molar-refractivity contribution >= 4 is 34.5 Å². The van der Waals surface area contributed by atoms with Gasteiger partial charge in [-0.2, -0.15) is 0 Å². The fourth-order valence-corrected chi connectivity index (χ4v) is 5.25. The highest BCUT2D eigenvalue weighted by Crippen LogP contribution is 2.30. The highest BCUT2D eigenvalue weighted by atomic mass is 16.5. The SMILES string of the molecule is CCc1ccc(Nc2nc3cc(Oc4ccnc(C(=O)NCCCN5CCCC5=O)c4)ccc3n2C)cc1C(C)C. The van der Waals surface area contributed by atoms with E-state index in [1.807, 2.05) is 34.7 Å². The van der Waals surface area contributed by atoms with Crippen LogP contribution in [-0.4, -0.2) is 50.9 Å². The monoisotopic (exact) mass is 554 g/mol. The summed E-state index contributed by atoms with van der Waals surface area (Å²) in [6.45, 7) is 8.56. The average molecular weight is 555 g/mol. The molecule has 1 aliphatic heterocycles. The third kappa shape index (κ3) is 6.51. The Morgan fingerprint density at radius 1 is 1.10 bits per heavy atom. The number of amides is 2. The Morgan fingerprint density at radius 3 is 2.68 bits per heavy atom. The lowest BCUT2D eigenvalue weighted by atomic mass is 9.95. The number of hydrogen-bond acceptors (Lipinski definition) is 6. The number of nitrogens with one attached hydrogen (secondary N) is 2. The van der Waals surface area contributed by atoms with Gasteiger partial charge < -0.3 is 24.8 Å². The van der Waals surface area contributed by atoms with Crippen LogP contribution in [0, 0.1) is 0 Å². The Bertz CT molecular complexity index is 1560. The smallest absolute Gasteiger partial charge is 0.270 e. The number of carbonyl (C=O) groups excluding carboxylic acids is 2. The molecule has 4 aromatic rings. The molecule has 1 aliphatic rings. The van der Waals surface area contributed by atoms with E-state index in [0.717, 1.165) is 42.1 Å². The van der Waals surface area contributed by atoms with E-state index in [1.165, 1.54) is 11.1 Å². The van der Waals surface area contributed by atoms with Crippen molar-refractivity contribution in [1.82, 2.24) is 24.8 Å². The molecular formula is C32H38N6O3. The largest absolute Gasteiger partial charge is 0.457 e. The number of aryl methyl sites for hydroxylation is 2. The molecule has 9 heteroatoms. The Morgan fingerprint density at radius 2 is 1.93 bits per heavy atom. The molecule has 0 unspecified atom stereocenters. The summed E-state index contributed by atoms with van der Waals surface area (Å²) in [5, 5.41) is 6.36. The number of rotatable bonds is 11. The van der Waals surface area contributed by atoms with E-state index in [4.69, 9.17) is 9.72 Å². The predicted octanol–water partition coefficient (Wildman–Crippen LogP) is 5.93. The van der Waals surface area contributed by atoms with Crippen molar-refractivity contribution < 1.29 is 14.3 Å². The maximum absolute atomic E-state index is 12.6. The molecule has 1 saturated heterocycles. The summed E-state index contributed by atoms with van der Waals surface area (Å²) in [4.78, 5) is 35.2. The van der Waals surface area contributed by atoms with Gasteiger partial charge in [0.15, 0.2) is 0 Å². The first-order chi connectivity index (χ1) is 19.8. The van der Waals surface area contributed by atoms with Crippen LogP contribution in [0.25, 0.3) is 11.0 Å². The van der Waals surface area contributed by atoms with Crippen LogP contribution in [0.15, 0.2) is 54.7 Å². The first kappa shape index (κ1) is 28.1. The van der Waals surface area contributed by atoms with Crippen LogP contribution in [0.5, 0.6) is 11.5 Å². The number of ether oxygens (including phenoxy) is 1. The van der Waals surface area contributed by atoms with Crippen LogP contribution in [-0.2, 0) is 18.3 Å². The Labute approximate surface area is 240 Å². The van der Waals surface area contributed by atoms with Gasteiger partial charge in [0, 0.05) is 57.1 Å². The fourth-order valence-electron chi connectivity index (χ4n) is 5.25. The molecule has 2 aromatic carbocycles. The molecule has 0 atom stereocenters. The van der Waals surface area contributed by atoms with Crippen molar-refractivity contribution in [2.24, 2.45) is 7.05 Å². The number of nitrogens with zero attached hydrogens (tertiary/aromatic N) is 4. The summed E-state index contributed by atoms with van der Waals surface area (Å²) in [7, 11) is 1.98. The fraction of sp³-hybridized carbons (Fsp3) is 0.375. The van der Waals surface area contributed by atoms with Crippen molar-refractivity contribution in [3.63, 3.8) is 0 Å². The second-order valence-electron chi connectivity index (χ2n) is 10.8. The van der Waals surface area contributed by atoms with Crippen molar-refractivity contribution in [2.75, 3.05) is 25.0 Å². The summed E-state index contributed by atoms with van der Waals surface area (Å²) < 4.78 is 8.11. The summed E-state index contributed by atoms with van der Waals surface area (Å²) >= 11 is 0. The molecule has 41 heavy (non-hydrogen) atoms. The zero-order valence-electron chi connectivity index (χ0n) is 24.2. The molecule has 0 saturated carbocycles. The predicted molar refractivity (Wildman–Crippen MR) is 161 cm³/mol. The Hall–Kier alpha value is -4.40. The number of aromatic nitrogens is 3. The molecule has 0 radical (unpaired) electrons. The molecular weight excluding hydrogens is 516 g/mol. The highest BCUT2D eigenvalue weighted by molar-refractivity contribution is 5.92. The van der Waals surface area contributed by atoms with E-state index in [9.17, 15) is 9.59 Å². The van der Waals surface area contributed by atoms with Gasteiger partial charge in [0.25, 0.3) is 5.91 Å². The van der Waals surface area contributed by atoms with Gasteiger partial charge in [0.05, 0.1) is 11.0 Å². The van der Waals surface area contributed by atoms with Gasteiger partial charge in [-0.1, -0.05) is 26.8 Å². The maximum Gasteiger partial charge on any atom is 0.270 e. The van der Waals surface area contributed by atoms with Crippen LogP contribution in [0.4, 0.5) is 11.6 Å². The number of anilines is 2. The number of carbonyl (C=O) groups is 2. The van der Waals surface area contributed by atoms with Crippen molar-refractivity contribution in [3.8, 4) is 11.5 Å². The summed E-state index contributed by atoms with van der Waals surface area (Å²) in [6, 6.07) is 15.6. The van der Waals surface area contributed by atoms with E-state index < -0.39 is 0 Å².